The number of benzene rings is 1. The van der Waals surface area contributed by atoms with E-state index in [1.54, 1.807) is 0 Å². The molecule has 1 saturated carbocycles. The smallest absolute Gasteiger partial charge is 0.225 e. The Morgan fingerprint density at radius 3 is 2.68 bits per heavy atom. The van der Waals surface area contributed by atoms with Crippen LogP contribution in [-0.4, -0.2) is 55.7 Å². The molecule has 8 heteroatoms. The third kappa shape index (κ3) is 6.40. The zero-order valence-electron chi connectivity index (χ0n) is 18.4. The minimum Gasteiger partial charge on any atom is -0.490 e. The highest BCUT2D eigenvalue weighted by Gasteiger charge is 2.32. The number of guanidine groups is 1. The minimum absolute atomic E-state index is 0. The summed E-state index contributed by atoms with van der Waals surface area (Å²) >= 11 is 0. The molecule has 7 nitrogen and oxygen atoms in total. The predicted octanol–water partition coefficient (Wildman–Crippen LogP) is 3.31. The number of nitrogens with one attached hydrogen (secondary N) is 2. The zero-order chi connectivity index (χ0) is 20.8. The predicted molar refractivity (Wildman–Crippen MR) is 132 cm³/mol. The highest BCUT2D eigenvalue weighted by molar-refractivity contribution is 14.0. The second-order valence-corrected chi connectivity index (χ2v) is 8.42. The van der Waals surface area contributed by atoms with Crippen LogP contribution < -0.4 is 20.1 Å². The topological polar surface area (TPSA) is 75.2 Å². The van der Waals surface area contributed by atoms with Gasteiger partial charge in [-0.1, -0.05) is 18.9 Å². The number of ether oxygens (including phenoxy) is 2. The molecule has 31 heavy (non-hydrogen) atoms. The fourth-order valence-electron chi connectivity index (χ4n) is 4.50. The number of amides is 1. The summed E-state index contributed by atoms with van der Waals surface area (Å²) in [5.41, 5.74) is 1.08. The van der Waals surface area contributed by atoms with Crippen LogP contribution in [0.5, 0.6) is 11.5 Å². The molecule has 0 spiro atoms. The van der Waals surface area contributed by atoms with E-state index >= 15 is 0 Å². The Bertz CT molecular complexity index is 767. The van der Waals surface area contributed by atoms with Gasteiger partial charge in [-0.2, -0.15) is 0 Å². The van der Waals surface area contributed by atoms with Crippen molar-refractivity contribution in [1.29, 1.82) is 0 Å². The van der Waals surface area contributed by atoms with Crippen LogP contribution in [-0.2, 0) is 11.3 Å². The molecular formula is C23H35IN4O3. The van der Waals surface area contributed by atoms with Crippen LogP contribution in [0.4, 0.5) is 0 Å². The summed E-state index contributed by atoms with van der Waals surface area (Å²) in [6, 6.07) is 6.27. The lowest BCUT2D eigenvalue weighted by Gasteiger charge is -2.21. The Hall–Kier alpha value is -1.71. The van der Waals surface area contributed by atoms with Gasteiger partial charge in [0.05, 0.1) is 19.8 Å². The molecule has 0 aromatic heterocycles. The van der Waals surface area contributed by atoms with Gasteiger partial charge in [0.15, 0.2) is 17.5 Å². The zero-order valence-corrected chi connectivity index (χ0v) is 20.7. The SMILES string of the molecule is CCNC(=NCc1ccc2c(c1)OCCCO2)NC1CCN(C(=O)C2CCCC2)C1.I. The number of rotatable bonds is 5. The molecule has 3 aliphatic rings. The maximum Gasteiger partial charge on any atom is 0.225 e. The van der Waals surface area contributed by atoms with Crippen molar-refractivity contribution in [3.63, 3.8) is 0 Å². The number of hydrogen-bond acceptors (Lipinski definition) is 4. The van der Waals surface area contributed by atoms with Gasteiger partial charge in [0.2, 0.25) is 5.91 Å². The van der Waals surface area contributed by atoms with E-state index in [-0.39, 0.29) is 35.9 Å². The monoisotopic (exact) mass is 542 g/mol. The van der Waals surface area contributed by atoms with E-state index in [2.05, 4.69) is 17.6 Å². The van der Waals surface area contributed by atoms with Crippen molar-refractivity contribution in [3.05, 3.63) is 23.8 Å². The second-order valence-electron chi connectivity index (χ2n) is 8.42. The maximum atomic E-state index is 12.7. The van der Waals surface area contributed by atoms with E-state index in [4.69, 9.17) is 14.5 Å². The maximum absolute atomic E-state index is 12.7. The Kier molecular flexibility index (Phi) is 9.10. The Labute approximate surface area is 202 Å². The van der Waals surface area contributed by atoms with Crippen molar-refractivity contribution in [2.24, 2.45) is 10.9 Å². The van der Waals surface area contributed by atoms with Gasteiger partial charge >= 0.3 is 0 Å². The molecule has 1 aromatic carbocycles. The number of likely N-dealkylation sites (tertiary alicyclic amines) is 1. The first-order valence-electron chi connectivity index (χ1n) is 11.4. The molecule has 1 aliphatic carbocycles. The van der Waals surface area contributed by atoms with E-state index in [1.807, 2.05) is 23.1 Å². The highest BCUT2D eigenvalue weighted by Crippen LogP contribution is 2.31. The first-order chi connectivity index (χ1) is 14.7. The largest absolute Gasteiger partial charge is 0.490 e. The Morgan fingerprint density at radius 1 is 1.13 bits per heavy atom. The number of carbonyl (C=O) groups excluding carboxylic acids is 1. The number of hydrogen-bond donors (Lipinski definition) is 2. The molecule has 2 aliphatic heterocycles. The summed E-state index contributed by atoms with van der Waals surface area (Å²) in [6.07, 6.45) is 6.39. The first kappa shape index (κ1) is 23.9. The highest BCUT2D eigenvalue weighted by atomic mass is 127. The summed E-state index contributed by atoms with van der Waals surface area (Å²) in [5, 5.41) is 6.85. The van der Waals surface area contributed by atoms with Crippen LogP contribution in [0.1, 0.15) is 51.0 Å². The molecule has 1 unspecified atom stereocenters. The normalized spacial score (nSPS) is 21.4. The van der Waals surface area contributed by atoms with Gasteiger partial charge in [0.1, 0.15) is 0 Å². The Morgan fingerprint density at radius 2 is 1.90 bits per heavy atom. The van der Waals surface area contributed by atoms with Crippen molar-refractivity contribution in [1.82, 2.24) is 15.5 Å². The second kappa shape index (κ2) is 11.8. The molecule has 1 amide bonds. The molecule has 1 saturated heterocycles. The van der Waals surface area contributed by atoms with Crippen molar-refractivity contribution < 1.29 is 14.3 Å². The number of halogens is 1. The fourth-order valence-corrected chi connectivity index (χ4v) is 4.50. The van der Waals surface area contributed by atoms with Crippen LogP contribution >= 0.6 is 24.0 Å². The third-order valence-corrected chi connectivity index (χ3v) is 6.12. The lowest BCUT2D eigenvalue weighted by molar-refractivity contribution is -0.134. The third-order valence-electron chi connectivity index (χ3n) is 6.12. The Balaban J connectivity index is 0.00000272. The van der Waals surface area contributed by atoms with E-state index in [0.717, 1.165) is 68.3 Å². The minimum atomic E-state index is 0. The fraction of sp³-hybridized carbons (Fsp3) is 0.652. The number of carbonyl (C=O) groups is 1. The first-order valence-corrected chi connectivity index (χ1v) is 11.4. The number of nitrogens with zero attached hydrogens (tertiary/aromatic N) is 2. The van der Waals surface area contributed by atoms with Gasteiger partial charge in [-0.25, -0.2) is 4.99 Å². The van der Waals surface area contributed by atoms with Gasteiger partial charge in [0.25, 0.3) is 0 Å². The summed E-state index contributed by atoms with van der Waals surface area (Å²) in [4.78, 5) is 19.5. The molecule has 172 valence electrons. The van der Waals surface area contributed by atoms with Crippen LogP contribution in [0.2, 0.25) is 0 Å². The van der Waals surface area contributed by atoms with Gasteiger partial charge in [-0.3, -0.25) is 4.79 Å². The quantitative estimate of drug-likeness (QED) is 0.340. The molecule has 0 bridgehead atoms. The van der Waals surface area contributed by atoms with Gasteiger partial charge < -0.3 is 25.0 Å². The molecule has 2 fully saturated rings. The van der Waals surface area contributed by atoms with Crippen molar-refractivity contribution in [2.45, 2.75) is 58.0 Å². The molecule has 4 rings (SSSR count). The number of fused-ring (bicyclic) bond motifs is 1. The van der Waals surface area contributed by atoms with Crippen molar-refractivity contribution in [3.8, 4) is 11.5 Å². The van der Waals surface area contributed by atoms with Gasteiger partial charge in [-0.05, 0) is 43.9 Å². The molecule has 1 atom stereocenters. The molecule has 1 aromatic rings. The van der Waals surface area contributed by atoms with Gasteiger partial charge in [-0.15, -0.1) is 24.0 Å². The van der Waals surface area contributed by atoms with Crippen molar-refractivity contribution >= 4 is 35.8 Å². The van der Waals surface area contributed by atoms with E-state index in [0.29, 0.717) is 25.7 Å². The molecular weight excluding hydrogens is 507 g/mol. The summed E-state index contributed by atoms with van der Waals surface area (Å²) in [5.74, 6) is 3.01. The average Bonchev–Trinajstić information content (AvgIpc) is 3.40. The van der Waals surface area contributed by atoms with E-state index in [1.165, 1.54) is 12.8 Å². The van der Waals surface area contributed by atoms with E-state index < -0.39 is 0 Å². The molecule has 2 N–H and O–H groups in total. The van der Waals surface area contributed by atoms with Crippen LogP contribution in [0.25, 0.3) is 0 Å². The summed E-state index contributed by atoms with van der Waals surface area (Å²) in [7, 11) is 0. The van der Waals surface area contributed by atoms with Crippen LogP contribution in [0.3, 0.4) is 0 Å². The lowest BCUT2D eigenvalue weighted by Crippen LogP contribution is -2.45. The summed E-state index contributed by atoms with van der Waals surface area (Å²) in [6.45, 7) is 6.41. The van der Waals surface area contributed by atoms with Crippen LogP contribution in [0.15, 0.2) is 23.2 Å². The lowest BCUT2D eigenvalue weighted by atomic mass is 10.1. The number of aliphatic imine (C=N–C) groups is 1. The van der Waals surface area contributed by atoms with E-state index in [9.17, 15) is 4.79 Å². The average molecular weight is 542 g/mol. The van der Waals surface area contributed by atoms with Gasteiger partial charge in [0, 0.05) is 38.0 Å². The molecule has 2 heterocycles. The standard InChI is InChI=1S/C23H34N4O3.HI/c1-2-24-23(25-15-17-8-9-20-21(14-17)30-13-5-12-29-20)26-19-10-11-27(16-19)22(28)18-6-3-4-7-18;/h8-9,14,18-19H,2-7,10-13,15-16H2,1H3,(H2,24,25,26);1H. The van der Waals surface area contributed by atoms with Crippen LogP contribution in [0, 0.1) is 5.92 Å². The van der Waals surface area contributed by atoms with Crippen molar-refractivity contribution in [2.75, 3.05) is 32.8 Å². The molecule has 0 radical (unpaired) electrons. The summed E-state index contributed by atoms with van der Waals surface area (Å²) < 4.78 is 11.5.